The summed E-state index contributed by atoms with van der Waals surface area (Å²) in [6.45, 7) is 12.0. The van der Waals surface area contributed by atoms with Crippen molar-refractivity contribution in [1.82, 2.24) is 0 Å². The van der Waals surface area contributed by atoms with Crippen LogP contribution < -0.4 is 4.90 Å². The molecule has 2 aromatic carbocycles. The van der Waals surface area contributed by atoms with Crippen molar-refractivity contribution in [1.29, 1.82) is 0 Å². The van der Waals surface area contributed by atoms with Crippen LogP contribution in [-0.4, -0.2) is 24.8 Å². The zero-order valence-electron chi connectivity index (χ0n) is 16.3. The molecule has 0 aromatic heterocycles. The Bertz CT molecular complexity index is 787. The van der Waals surface area contributed by atoms with Crippen LogP contribution in [0, 0.1) is 0 Å². The van der Waals surface area contributed by atoms with E-state index >= 15 is 0 Å². The molecule has 0 heterocycles. The fourth-order valence-electron chi connectivity index (χ4n) is 2.92. The Balaban J connectivity index is 0.00000122. The van der Waals surface area contributed by atoms with Gasteiger partial charge in [-0.25, -0.2) is 4.79 Å². The average Bonchev–Trinajstić information content (AvgIpc) is 2.72. The van der Waals surface area contributed by atoms with E-state index in [0.717, 1.165) is 22.5 Å². The summed E-state index contributed by atoms with van der Waals surface area (Å²) in [5.41, 5.74) is 3.77. The highest BCUT2D eigenvalue weighted by atomic mass is 16.5. The molecule has 0 saturated heterocycles. The fourth-order valence-corrected chi connectivity index (χ4v) is 2.92. The molecule has 2 aromatic rings. The number of hydrogen-bond donors (Lipinski definition) is 0. The Hall–Kier alpha value is -3.43. The highest BCUT2D eigenvalue weighted by Gasteiger charge is 2.29. The van der Waals surface area contributed by atoms with Gasteiger partial charge < -0.3 is 9.64 Å². The molecule has 0 N–H and O–H groups in total. The smallest absolute Gasteiger partial charge is 0.373 e. The number of rotatable bonds is 8. The Morgan fingerprint density at radius 3 is 1.79 bits per heavy atom. The largest absolute Gasteiger partial charge is 0.464 e. The second-order valence-electron chi connectivity index (χ2n) is 5.66. The summed E-state index contributed by atoms with van der Waals surface area (Å²) in [4.78, 5) is 30.9. The Labute approximate surface area is 165 Å². The van der Waals surface area contributed by atoms with Gasteiger partial charge in [-0.15, -0.1) is 0 Å². The third kappa shape index (κ3) is 5.53. The monoisotopic (exact) mass is 379 g/mol. The molecular weight excluding hydrogens is 354 g/mol. The summed E-state index contributed by atoms with van der Waals surface area (Å²) >= 11 is 0. The molecule has 146 valence electrons. The second kappa shape index (κ2) is 12.0. The van der Waals surface area contributed by atoms with Crippen LogP contribution in [0.5, 0.6) is 0 Å². The Kier molecular flexibility index (Phi) is 9.73. The topological polar surface area (TPSA) is 63.7 Å². The lowest BCUT2D eigenvalue weighted by Gasteiger charge is -2.34. The zero-order valence-corrected chi connectivity index (χ0v) is 16.3. The van der Waals surface area contributed by atoms with Gasteiger partial charge in [-0.1, -0.05) is 68.6 Å². The van der Waals surface area contributed by atoms with E-state index in [0.29, 0.717) is 13.0 Å². The molecular formula is C23H25NO4. The van der Waals surface area contributed by atoms with Gasteiger partial charge >= 0.3 is 12.1 Å². The van der Waals surface area contributed by atoms with Gasteiger partial charge in [0.05, 0.1) is 6.61 Å². The quantitative estimate of drug-likeness (QED) is 0.612. The molecule has 1 atom stereocenters. The van der Waals surface area contributed by atoms with E-state index in [4.69, 9.17) is 14.3 Å². The molecule has 0 aliphatic rings. The van der Waals surface area contributed by atoms with Crippen LogP contribution in [-0.2, 0) is 19.1 Å². The SMILES string of the molecule is C=Cc1ccccc1N(c1ccccc1C=C)C(CC)C(=O)OCC.O=C=O. The molecule has 0 spiro atoms. The maximum absolute atomic E-state index is 12.6. The number of para-hydroxylation sites is 2. The molecule has 0 aliphatic heterocycles. The molecule has 0 fully saturated rings. The maximum Gasteiger partial charge on any atom is 0.373 e. The predicted molar refractivity (Wildman–Crippen MR) is 111 cm³/mol. The van der Waals surface area contributed by atoms with Crippen molar-refractivity contribution in [2.75, 3.05) is 11.5 Å². The molecule has 0 saturated carbocycles. The van der Waals surface area contributed by atoms with Gasteiger partial charge in [0.15, 0.2) is 0 Å². The maximum atomic E-state index is 12.6. The fraction of sp³-hybridized carbons (Fsp3) is 0.217. The summed E-state index contributed by atoms with van der Waals surface area (Å²) in [6, 6.07) is 15.4. The molecule has 0 amide bonds. The average molecular weight is 379 g/mol. The first-order chi connectivity index (χ1) is 13.6. The number of hydrogen-bond acceptors (Lipinski definition) is 5. The number of esters is 1. The molecule has 0 radical (unpaired) electrons. The van der Waals surface area contributed by atoms with Crippen LogP contribution in [0.25, 0.3) is 12.2 Å². The van der Waals surface area contributed by atoms with Crippen molar-refractivity contribution in [2.45, 2.75) is 26.3 Å². The lowest BCUT2D eigenvalue weighted by Crippen LogP contribution is -2.39. The minimum Gasteiger partial charge on any atom is -0.464 e. The van der Waals surface area contributed by atoms with E-state index in [-0.39, 0.29) is 12.1 Å². The number of carbonyl (C=O) groups excluding carboxylic acids is 3. The van der Waals surface area contributed by atoms with E-state index in [1.807, 2.05) is 67.3 Å². The van der Waals surface area contributed by atoms with Crippen molar-refractivity contribution in [3.05, 3.63) is 72.8 Å². The number of carbonyl (C=O) groups is 1. The third-order valence-electron chi connectivity index (χ3n) is 4.09. The van der Waals surface area contributed by atoms with Gasteiger partial charge in [-0.2, -0.15) is 9.59 Å². The highest BCUT2D eigenvalue weighted by Crippen LogP contribution is 2.35. The number of ether oxygens (including phenoxy) is 1. The summed E-state index contributed by atoms with van der Waals surface area (Å²) in [5.74, 6) is -0.234. The molecule has 28 heavy (non-hydrogen) atoms. The number of anilines is 2. The molecule has 5 heteroatoms. The first kappa shape index (κ1) is 22.6. The number of benzene rings is 2. The van der Waals surface area contributed by atoms with E-state index in [9.17, 15) is 4.79 Å². The normalized spacial score (nSPS) is 10.5. The Morgan fingerprint density at radius 2 is 1.43 bits per heavy atom. The molecule has 1 unspecified atom stereocenters. The van der Waals surface area contributed by atoms with Crippen LogP contribution in [0.3, 0.4) is 0 Å². The van der Waals surface area contributed by atoms with Crippen molar-refractivity contribution in [3.63, 3.8) is 0 Å². The molecule has 2 rings (SSSR count). The van der Waals surface area contributed by atoms with Gasteiger partial charge in [-0.05, 0) is 36.6 Å². The predicted octanol–water partition coefficient (Wildman–Crippen LogP) is 4.87. The van der Waals surface area contributed by atoms with E-state index < -0.39 is 6.04 Å². The molecule has 0 bridgehead atoms. The van der Waals surface area contributed by atoms with Gasteiger partial charge in [0.25, 0.3) is 0 Å². The first-order valence-corrected chi connectivity index (χ1v) is 8.97. The third-order valence-corrected chi connectivity index (χ3v) is 4.09. The second-order valence-corrected chi connectivity index (χ2v) is 5.66. The lowest BCUT2D eigenvalue weighted by atomic mass is 10.0. The molecule has 5 nitrogen and oxygen atoms in total. The van der Waals surface area contributed by atoms with Crippen molar-refractivity contribution >= 4 is 35.6 Å². The van der Waals surface area contributed by atoms with Crippen LogP contribution in [0.2, 0.25) is 0 Å². The summed E-state index contributed by atoms with van der Waals surface area (Å²) < 4.78 is 5.33. The van der Waals surface area contributed by atoms with Gasteiger partial charge in [0.1, 0.15) is 6.04 Å². The summed E-state index contributed by atoms with van der Waals surface area (Å²) in [6.07, 6.45) is 4.48. The first-order valence-electron chi connectivity index (χ1n) is 8.97. The zero-order chi connectivity index (χ0) is 20.9. The van der Waals surface area contributed by atoms with Gasteiger partial charge in [-0.3, -0.25) is 0 Å². The molecule has 0 aliphatic carbocycles. The van der Waals surface area contributed by atoms with Crippen molar-refractivity contribution in [2.24, 2.45) is 0 Å². The minimum atomic E-state index is -0.429. The minimum absolute atomic E-state index is 0.234. The highest BCUT2D eigenvalue weighted by molar-refractivity contribution is 5.88. The summed E-state index contributed by atoms with van der Waals surface area (Å²) in [5, 5.41) is 0. The van der Waals surface area contributed by atoms with Crippen molar-refractivity contribution in [3.8, 4) is 0 Å². The summed E-state index contributed by atoms with van der Waals surface area (Å²) in [7, 11) is 0. The van der Waals surface area contributed by atoms with E-state index in [1.165, 1.54) is 0 Å². The van der Waals surface area contributed by atoms with Crippen LogP contribution in [0.4, 0.5) is 11.4 Å². The van der Waals surface area contributed by atoms with Crippen LogP contribution >= 0.6 is 0 Å². The van der Waals surface area contributed by atoms with Crippen molar-refractivity contribution < 1.29 is 19.1 Å². The van der Waals surface area contributed by atoms with Crippen LogP contribution in [0.15, 0.2) is 61.7 Å². The van der Waals surface area contributed by atoms with Crippen LogP contribution in [0.1, 0.15) is 31.4 Å². The van der Waals surface area contributed by atoms with Gasteiger partial charge in [0, 0.05) is 11.4 Å². The van der Waals surface area contributed by atoms with Gasteiger partial charge in [0.2, 0.25) is 0 Å². The standard InChI is InChI=1S/C22H25NO2.CO2/c1-5-17-13-9-11-15-20(17)23(19(7-3)22(24)25-8-4)21-16-12-10-14-18(21)6-2;2-1-3/h5-6,9-16,19H,1-2,7-8H2,3-4H3;. The van der Waals surface area contributed by atoms with E-state index in [1.54, 1.807) is 12.2 Å². The number of nitrogens with zero attached hydrogens (tertiary/aromatic N) is 1. The van der Waals surface area contributed by atoms with E-state index in [2.05, 4.69) is 13.2 Å². The lowest BCUT2D eigenvalue weighted by molar-refractivity contribution is -0.191. The Morgan fingerprint density at radius 1 is 1.00 bits per heavy atom.